The van der Waals surface area contributed by atoms with E-state index in [0.717, 1.165) is 50.4 Å². The van der Waals surface area contributed by atoms with Crippen molar-refractivity contribution in [1.29, 1.82) is 0 Å². The molecule has 1 unspecified atom stereocenters. The maximum absolute atomic E-state index is 12.8. The molecule has 176 valence electrons. The Morgan fingerprint density at radius 1 is 0.935 bits per heavy atom. The van der Waals surface area contributed by atoms with Crippen LogP contribution in [0.1, 0.15) is 51.9 Å². The summed E-state index contributed by atoms with van der Waals surface area (Å²) in [7, 11) is 1.67. The van der Waals surface area contributed by atoms with Gasteiger partial charge < -0.3 is 15.4 Å². The molecule has 7 heteroatoms. The van der Waals surface area contributed by atoms with Crippen molar-refractivity contribution < 1.29 is 14.3 Å². The van der Waals surface area contributed by atoms with Crippen LogP contribution in [0.5, 0.6) is 0 Å². The average Bonchev–Trinajstić information content (AvgIpc) is 2.71. The molecule has 0 aromatic heterocycles. The summed E-state index contributed by atoms with van der Waals surface area (Å²) in [6, 6.07) is 0.288. The first-order chi connectivity index (χ1) is 15.0. The number of rotatable bonds is 10. The summed E-state index contributed by atoms with van der Waals surface area (Å²) in [5.74, 6) is 2.99. The fourth-order valence-corrected chi connectivity index (χ4v) is 7.16. The fourth-order valence-electron chi connectivity index (χ4n) is 7.16. The summed E-state index contributed by atoms with van der Waals surface area (Å²) in [6.45, 7) is 7.87. The van der Waals surface area contributed by atoms with E-state index >= 15 is 0 Å². The molecule has 5 rings (SSSR count). The smallest absolute Gasteiger partial charge is 0.234 e. The first kappa shape index (κ1) is 23.0. The molecule has 7 nitrogen and oxygen atoms in total. The van der Waals surface area contributed by atoms with E-state index in [0.29, 0.717) is 31.7 Å². The molecule has 1 heterocycles. The molecule has 5 fully saturated rings. The van der Waals surface area contributed by atoms with E-state index in [1.54, 1.807) is 7.11 Å². The van der Waals surface area contributed by atoms with E-state index in [2.05, 4.69) is 27.4 Å². The third-order valence-corrected chi connectivity index (χ3v) is 8.43. The number of hydrogen-bond donors (Lipinski definition) is 2. The molecular formula is C24H42N4O3. The predicted molar refractivity (Wildman–Crippen MR) is 121 cm³/mol. The lowest BCUT2D eigenvalue weighted by atomic mass is 9.48. The Morgan fingerprint density at radius 2 is 1.45 bits per heavy atom. The molecule has 1 saturated heterocycles. The van der Waals surface area contributed by atoms with Gasteiger partial charge in [0.15, 0.2) is 0 Å². The highest BCUT2D eigenvalue weighted by atomic mass is 16.5. The van der Waals surface area contributed by atoms with Gasteiger partial charge in [-0.15, -0.1) is 0 Å². The van der Waals surface area contributed by atoms with Gasteiger partial charge in [-0.2, -0.15) is 0 Å². The van der Waals surface area contributed by atoms with Gasteiger partial charge in [0.05, 0.1) is 13.1 Å². The summed E-state index contributed by atoms with van der Waals surface area (Å²) in [5.41, 5.74) is 0.361. The van der Waals surface area contributed by atoms with Crippen molar-refractivity contribution in [2.24, 2.45) is 23.2 Å². The third kappa shape index (κ3) is 5.79. The SMILES string of the molecule is COCCCNC(=O)CN1CCN(CC(=O)NC(C)C23CC4CC(CC(C4)C2)C3)CC1. The highest BCUT2D eigenvalue weighted by Crippen LogP contribution is 2.61. The lowest BCUT2D eigenvalue weighted by Crippen LogP contribution is -2.57. The van der Waals surface area contributed by atoms with Crippen LogP contribution in [-0.4, -0.2) is 87.2 Å². The second kappa shape index (κ2) is 10.2. The Bertz CT molecular complexity index is 597. The quantitative estimate of drug-likeness (QED) is 0.510. The van der Waals surface area contributed by atoms with E-state index in [9.17, 15) is 9.59 Å². The Balaban J connectivity index is 1.15. The molecule has 4 bridgehead atoms. The van der Waals surface area contributed by atoms with Gasteiger partial charge in [-0.05, 0) is 75.0 Å². The molecule has 0 radical (unpaired) electrons. The monoisotopic (exact) mass is 434 g/mol. The van der Waals surface area contributed by atoms with Crippen LogP contribution in [0.15, 0.2) is 0 Å². The zero-order valence-corrected chi connectivity index (χ0v) is 19.5. The molecule has 2 amide bonds. The first-order valence-corrected chi connectivity index (χ1v) is 12.5. The number of nitrogens with one attached hydrogen (secondary N) is 2. The Kier molecular flexibility index (Phi) is 7.55. The highest BCUT2D eigenvalue weighted by Gasteiger charge is 2.53. The third-order valence-electron chi connectivity index (χ3n) is 8.43. The lowest BCUT2D eigenvalue weighted by Gasteiger charge is -2.59. The van der Waals surface area contributed by atoms with Crippen LogP contribution in [0.3, 0.4) is 0 Å². The Labute approximate surface area is 187 Å². The number of amides is 2. The van der Waals surface area contributed by atoms with Crippen LogP contribution < -0.4 is 10.6 Å². The molecule has 31 heavy (non-hydrogen) atoms. The van der Waals surface area contributed by atoms with Gasteiger partial charge in [0.25, 0.3) is 0 Å². The number of hydrogen-bond acceptors (Lipinski definition) is 5. The van der Waals surface area contributed by atoms with Gasteiger partial charge in [-0.3, -0.25) is 19.4 Å². The van der Waals surface area contributed by atoms with Crippen LogP contribution in [0.4, 0.5) is 0 Å². The van der Waals surface area contributed by atoms with E-state index in [-0.39, 0.29) is 17.9 Å². The van der Waals surface area contributed by atoms with Crippen molar-refractivity contribution in [3.05, 3.63) is 0 Å². The first-order valence-electron chi connectivity index (χ1n) is 12.5. The summed E-state index contributed by atoms with van der Waals surface area (Å²) in [6.07, 6.45) is 9.14. The molecule has 4 saturated carbocycles. The van der Waals surface area contributed by atoms with Crippen LogP contribution >= 0.6 is 0 Å². The van der Waals surface area contributed by atoms with Crippen LogP contribution in [0.25, 0.3) is 0 Å². The van der Waals surface area contributed by atoms with Gasteiger partial charge in [-0.1, -0.05) is 0 Å². The number of carbonyl (C=O) groups is 2. The van der Waals surface area contributed by atoms with Crippen LogP contribution in [-0.2, 0) is 14.3 Å². The van der Waals surface area contributed by atoms with Crippen molar-refractivity contribution in [2.45, 2.75) is 57.9 Å². The predicted octanol–water partition coefficient (Wildman–Crippen LogP) is 1.48. The molecule has 1 aliphatic heterocycles. The number of carbonyl (C=O) groups excluding carboxylic acids is 2. The standard InChI is InChI=1S/C24H42N4O3/c1-18(24-13-19-10-20(14-24)12-21(11-19)15-24)26-23(30)17-28-7-5-27(6-8-28)16-22(29)25-4-3-9-31-2/h18-21H,3-17H2,1-2H3,(H,25,29)(H,26,30). The lowest BCUT2D eigenvalue weighted by molar-refractivity contribution is -0.128. The number of ether oxygens (including phenoxy) is 1. The molecule has 0 aromatic carbocycles. The van der Waals surface area contributed by atoms with Crippen molar-refractivity contribution in [3.8, 4) is 0 Å². The zero-order chi connectivity index (χ0) is 21.8. The summed E-state index contributed by atoms with van der Waals surface area (Å²) < 4.78 is 5.00. The number of nitrogens with zero attached hydrogens (tertiary/aromatic N) is 2. The van der Waals surface area contributed by atoms with E-state index in [1.807, 2.05) is 0 Å². The molecular weight excluding hydrogens is 392 g/mol. The van der Waals surface area contributed by atoms with E-state index < -0.39 is 0 Å². The van der Waals surface area contributed by atoms with E-state index in [1.165, 1.54) is 38.5 Å². The van der Waals surface area contributed by atoms with Gasteiger partial charge >= 0.3 is 0 Å². The van der Waals surface area contributed by atoms with Gasteiger partial charge in [-0.25, -0.2) is 0 Å². The molecule has 0 spiro atoms. The van der Waals surface area contributed by atoms with Gasteiger partial charge in [0, 0.05) is 52.5 Å². The van der Waals surface area contributed by atoms with Crippen molar-refractivity contribution in [3.63, 3.8) is 0 Å². The molecule has 0 aromatic rings. The normalized spacial score (nSPS) is 33.9. The fraction of sp³-hybridized carbons (Fsp3) is 0.917. The van der Waals surface area contributed by atoms with E-state index in [4.69, 9.17) is 4.74 Å². The van der Waals surface area contributed by atoms with Crippen LogP contribution in [0, 0.1) is 23.2 Å². The molecule has 5 aliphatic rings. The van der Waals surface area contributed by atoms with Gasteiger partial charge in [0.1, 0.15) is 0 Å². The highest BCUT2D eigenvalue weighted by molar-refractivity contribution is 5.78. The molecule has 4 aliphatic carbocycles. The average molecular weight is 435 g/mol. The number of methoxy groups -OCH3 is 1. The number of piperazine rings is 1. The summed E-state index contributed by atoms with van der Waals surface area (Å²) >= 11 is 0. The van der Waals surface area contributed by atoms with Crippen molar-refractivity contribution in [1.82, 2.24) is 20.4 Å². The second-order valence-corrected chi connectivity index (χ2v) is 10.8. The molecule has 2 N–H and O–H groups in total. The maximum Gasteiger partial charge on any atom is 0.234 e. The minimum atomic E-state index is 0.0756. The Hall–Kier alpha value is -1.18. The van der Waals surface area contributed by atoms with Crippen molar-refractivity contribution in [2.75, 3.05) is 59.5 Å². The minimum Gasteiger partial charge on any atom is -0.385 e. The topological polar surface area (TPSA) is 73.9 Å². The van der Waals surface area contributed by atoms with Gasteiger partial charge in [0.2, 0.25) is 11.8 Å². The largest absolute Gasteiger partial charge is 0.385 e. The maximum atomic E-state index is 12.8. The van der Waals surface area contributed by atoms with Crippen molar-refractivity contribution >= 4 is 11.8 Å². The minimum absolute atomic E-state index is 0.0756. The summed E-state index contributed by atoms with van der Waals surface area (Å²) in [4.78, 5) is 29.3. The molecule has 1 atom stereocenters. The zero-order valence-electron chi connectivity index (χ0n) is 19.5. The Morgan fingerprint density at radius 3 is 1.97 bits per heavy atom. The van der Waals surface area contributed by atoms with Crippen LogP contribution in [0.2, 0.25) is 0 Å². The summed E-state index contributed by atoms with van der Waals surface area (Å²) in [5, 5.41) is 6.34. The second-order valence-electron chi connectivity index (χ2n) is 10.8.